The largest absolute Gasteiger partial charge is 0.397 e. The van der Waals surface area contributed by atoms with Gasteiger partial charge in [-0.3, -0.25) is 9.11 Å². The van der Waals surface area contributed by atoms with Crippen molar-refractivity contribution in [1.29, 1.82) is 0 Å². The minimum Gasteiger partial charge on any atom is -0.389 e. The molecule has 0 spiro atoms. The van der Waals surface area contributed by atoms with Crippen molar-refractivity contribution in [2.24, 2.45) is 0 Å². The van der Waals surface area contributed by atoms with Crippen molar-refractivity contribution >= 4 is 20.8 Å². The Hall–Kier alpha value is -0.420. The fourth-order valence-electron chi connectivity index (χ4n) is 3.14. The van der Waals surface area contributed by atoms with Gasteiger partial charge in [-0.05, 0) is 51.9 Å². The molecule has 174 valence electrons. The number of β-amino-alcohol motifs (C(OH)–C–C–N with tert-alkyl or cyclic N) is 2. The number of hydrogen-bond donors (Lipinski definition) is 4. The van der Waals surface area contributed by atoms with Crippen LogP contribution in [0, 0.1) is 0 Å². The van der Waals surface area contributed by atoms with Crippen molar-refractivity contribution < 1.29 is 44.5 Å². The van der Waals surface area contributed by atoms with Crippen molar-refractivity contribution in [3.8, 4) is 0 Å². The third-order valence-corrected chi connectivity index (χ3v) is 5.27. The van der Waals surface area contributed by atoms with Crippen LogP contribution in [0.2, 0.25) is 0 Å². The van der Waals surface area contributed by atoms with Crippen LogP contribution in [0.3, 0.4) is 0 Å². The summed E-state index contributed by atoms with van der Waals surface area (Å²) in [5, 5.41) is 18.8. The highest BCUT2D eigenvalue weighted by Gasteiger charge is 2.18. The lowest BCUT2D eigenvalue weighted by molar-refractivity contribution is 0.0596. The number of likely N-dealkylation sites (tertiary alicyclic amines) is 2. The van der Waals surface area contributed by atoms with E-state index >= 15 is 0 Å². The molecular formula is C15H32N2O10S2. The van der Waals surface area contributed by atoms with Gasteiger partial charge >= 0.3 is 20.8 Å². The summed E-state index contributed by atoms with van der Waals surface area (Å²) in [4.78, 5) is 4.08. The fraction of sp³-hybridized carbons (Fsp3) is 1.00. The number of hydrogen-bond acceptors (Lipinski definition) is 10. The van der Waals surface area contributed by atoms with E-state index < -0.39 is 46.2 Å². The maximum Gasteiger partial charge on any atom is 0.397 e. The maximum absolute atomic E-state index is 10.2. The quantitative estimate of drug-likeness (QED) is 0.288. The Morgan fingerprint density at radius 1 is 0.655 bits per heavy atom. The Morgan fingerprint density at radius 2 is 0.966 bits per heavy atom. The van der Waals surface area contributed by atoms with E-state index in [-0.39, 0.29) is 0 Å². The van der Waals surface area contributed by atoms with Gasteiger partial charge in [0.25, 0.3) is 0 Å². The molecule has 0 aromatic carbocycles. The molecule has 2 atom stereocenters. The lowest BCUT2D eigenvalue weighted by atomic mass is 10.1. The molecule has 29 heavy (non-hydrogen) atoms. The van der Waals surface area contributed by atoms with E-state index in [2.05, 4.69) is 13.3 Å². The molecule has 0 radical (unpaired) electrons. The molecule has 2 saturated heterocycles. The molecule has 0 saturated carbocycles. The smallest absolute Gasteiger partial charge is 0.389 e. The normalized spacial score (nSPS) is 21.4. The number of piperidine rings is 1. The molecule has 14 heteroatoms. The Kier molecular flexibility index (Phi) is 12.0. The second-order valence-corrected chi connectivity index (χ2v) is 9.28. The minimum absolute atomic E-state index is 0.384. The summed E-state index contributed by atoms with van der Waals surface area (Å²) in [6.45, 7) is 3.66. The van der Waals surface area contributed by atoms with E-state index in [4.69, 9.17) is 9.11 Å². The first kappa shape index (κ1) is 26.6. The highest BCUT2D eigenvalue weighted by Crippen LogP contribution is 2.09. The highest BCUT2D eigenvalue weighted by molar-refractivity contribution is 7.81. The van der Waals surface area contributed by atoms with Crippen molar-refractivity contribution in [3.05, 3.63) is 0 Å². The number of aliphatic hydroxyl groups excluding tert-OH is 2. The first-order valence-corrected chi connectivity index (χ1v) is 12.2. The number of rotatable bonds is 10. The first-order chi connectivity index (χ1) is 13.4. The van der Waals surface area contributed by atoms with Crippen molar-refractivity contribution in [2.75, 3.05) is 52.5 Å². The molecule has 2 rings (SSSR count). The first-order valence-electron chi connectivity index (χ1n) is 9.49. The molecule has 2 fully saturated rings. The van der Waals surface area contributed by atoms with Crippen LogP contribution in [-0.4, -0.2) is 111 Å². The maximum atomic E-state index is 10.2. The van der Waals surface area contributed by atoms with Crippen LogP contribution in [-0.2, 0) is 29.2 Å². The van der Waals surface area contributed by atoms with E-state index in [1.807, 2.05) is 4.90 Å². The molecule has 2 heterocycles. The third-order valence-electron chi connectivity index (χ3n) is 4.40. The lowest BCUT2D eigenvalue weighted by Crippen LogP contribution is -2.38. The average molecular weight is 465 g/mol. The van der Waals surface area contributed by atoms with Crippen LogP contribution in [0.15, 0.2) is 0 Å². The number of aliphatic hydroxyl groups is 2. The molecule has 2 aliphatic heterocycles. The van der Waals surface area contributed by atoms with Crippen LogP contribution >= 0.6 is 0 Å². The Morgan fingerprint density at radius 3 is 1.28 bits per heavy atom. The van der Waals surface area contributed by atoms with Gasteiger partial charge in [-0.2, -0.15) is 16.8 Å². The van der Waals surface area contributed by atoms with Crippen LogP contribution in [0.5, 0.6) is 0 Å². The van der Waals surface area contributed by atoms with Gasteiger partial charge in [0.2, 0.25) is 0 Å². The second-order valence-electron chi connectivity index (χ2n) is 7.10. The van der Waals surface area contributed by atoms with Crippen LogP contribution in [0.25, 0.3) is 0 Å². The van der Waals surface area contributed by atoms with Crippen molar-refractivity contribution in [1.82, 2.24) is 9.80 Å². The zero-order chi connectivity index (χ0) is 21.9. The Labute approximate surface area is 172 Å². The van der Waals surface area contributed by atoms with Crippen LogP contribution in [0.1, 0.15) is 32.1 Å². The van der Waals surface area contributed by atoms with Crippen molar-refractivity contribution in [2.45, 2.75) is 44.3 Å². The summed E-state index contributed by atoms with van der Waals surface area (Å²) in [5.41, 5.74) is 0. The molecule has 0 aliphatic carbocycles. The van der Waals surface area contributed by atoms with Gasteiger partial charge in [0.15, 0.2) is 0 Å². The van der Waals surface area contributed by atoms with Gasteiger partial charge < -0.3 is 20.0 Å². The predicted octanol–water partition coefficient (Wildman–Crippen LogP) is -1.08. The third kappa shape index (κ3) is 15.1. The molecule has 4 N–H and O–H groups in total. The number of nitrogens with zero attached hydrogens (tertiary/aromatic N) is 2. The molecule has 12 nitrogen and oxygen atoms in total. The molecule has 2 unspecified atom stereocenters. The average Bonchev–Trinajstić information content (AvgIpc) is 3.12. The summed E-state index contributed by atoms with van der Waals surface area (Å²) >= 11 is 0. The molecular weight excluding hydrogens is 432 g/mol. The summed E-state index contributed by atoms with van der Waals surface area (Å²) in [7, 11) is -8.87. The molecule has 0 bridgehead atoms. The summed E-state index contributed by atoms with van der Waals surface area (Å²) in [6.07, 6.45) is 3.85. The SMILES string of the molecule is O=S(=O)(O)OCC(O)CN1CCCC1.O=S(=O)(O)OCC(O)CN1CCCCC1. The van der Waals surface area contributed by atoms with E-state index in [0.29, 0.717) is 13.1 Å². The van der Waals surface area contributed by atoms with E-state index in [1.54, 1.807) is 0 Å². The van der Waals surface area contributed by atoms with Crippen LogP contribution < -0.4 is 0 Å². The van der Waals surface area contributed by atoms with E-state index in [9.17, 15) is 27.0 Å². The second kappa shape index (κ2) is 13.1. The zero-order valence-corrected chi connectivity index (χ0v) is 17.9. The topological polar surface area (TPSA) is 174 Å². The van der Waals surface area contributed by atoms with Crippen LogP contribution in [0.4, 0.5) is 0 Å². The summed E-state index contributed by atoms with van der Waals surface area (Å²) < 4.78 is 65.5. The van der Waals surface area contributed by atoms with Gasteiger partial charge in [-0.15, -0.1) is 0 Å². The van der Waals surface area contributed by atoms with Gasteiger partial charge in [-0.25, -0.2) is 8.37 Å². The monoisotopic (exact) mass is 464 g/mol. The molecule has 0 aromatic heterocycles. The van der Waals surface area contributed by atoms with Gasteiger partial charge in [0.1, 0.15) is 0 Å². The fourth-order valence-corrected chi connectivity index (χ4v) is 3.80. The molecule has 0 amide bonds. The Balaban J connectivity index is 0.000000291. The van der Waals surface area contributed by atoms with E-state index in [1.165, 1.54) is 6.42 Å². The standard InChI is InChI=1S/C8H17NO5S.C7H15NO5S/c10-8(7-14-15(11,12)13)6-9-4-2-1-3-5-9;9-7(6-13-14(10,11)12)5-8-3-1-2-4-8/h8,10H,1-7H2,(H,11,12,13);7,9H,1-6H2,(H,10,11,12). The highest BCUT2D eigenvalue weighted by atomic mass is 32.3. The zero-order valence-electron chi connectivity index (χ0n) is 16.3. The lowest BCUT2D eigenvalue weighted by Gasteiger charge is -2.28. The Bertz CT molecular complexity index is 646. The summed E-state index contributed by atoms with van der Waals surface area (Å²) in [6, 6.07) is 0. The van der Waals surface area contributed by atoms with E-state index in [0.717, 1.165) is 51.9 Å². The van der Waals surface area contributed by atoms with Gasteiger partial charge in [-0.1, -0.05) is 6.42 Å². The van der Waals surface area contributed by atoms with Gasteiger partial charge in [0.05, 0.1) is 25.4 Å². The molecule has 0 aromatic rings. The predicted molar refractivity (Wildman–Crippen MR) is 103 cm³/mol. The van der Waals surface area contributed by atoms with Gasteiger partial charge in [0, 0.05) is 13.1 Å². The summed E-state index contributed by atoms with van der Waals surface area (Å²) in [5.74, 6) is 0. The molecule has 2 aliphatic rings. The van der Waals surface area contributed by atoms with Crippen molar-refractivity contribution in [3.63, 3.8) is 0 Å². The minimum atomic E-state index is -4.44.